The maximum Gasteiger partial charge on any atom is 0.310 e. The Labute approximate surface area is 123 Å². The molecule has 0 saturated carbocycles. The first kappa shape index (κ1) is 14.8. The summed E-state index contributed by atoms with van der Waals surface area (Å²) in [4.78, 5) is 22.4. The highest BCUT2D eigenvalue weighted by molar-refractivity contribution is 5.79. The fourth-order valence-electron chi connectivity index (χ4n) is 1.90. The fourth-order valence-corrected chi connectivity index (χ4v) is 1.90. The Morgan fingerprint density at radius 3 is 2.71 bits per heavy atom. The molecule has 0 aliphatic carbocycles. The van der Waals surface area contributed by atoms with E-state index >= 15 is 0 Å². The Morgan fingerprint density at radius 2 is 1.95 bits per heavy atom. The van der Waals surface area contributed by atoms with Crippen molar-refractivity contribution in [1.82, 2.24) is 0 Å². The molecule has 0 radical (unpaired) electrons. The van der Waals surface area contributed by atoms with Crippen LogP contribution in [0.25, 0.3) is 0 Å². The van der Waals surface area contributed by atoms with Gasteiger partial charge in [0.1, 0.15) is 11.5 Å². The van der Waals surface area contributed by atoms with Crippen molar-refractivity contribution in [3.8, 4) is 11.5 Å². The van der Waals surface area contributed by atoms with E-state index in [2.05, 4.69) is 0 Å². The van der Waals surface area contributed by atoms with Crippen molar-refractivity contribution < 1.29 is 19.1 Å². The molecule has 2 rings (SSSR count). The monoisotopic (exact) mass is 284 g/mol. The molecule has 0 aliphatic rings. The van der Waals surface area contributed by atoms with E-state index in [1.807, 2.05) is 6.07 Å². The molecular formula is C17H16O4. The maximum absolute atomic E-state index is 11.5. The Morgan fingerprint density at radius 1 is 1.14 bits per heavy atom. The molecule has 21 heavy (non-hydrogen) atoms. The number of aldehydes is 1. The van der Waals surface area contributed by atoms with Gasteiger partial charge in [0.2, 0.25) is 0 Å². The first-order chi connectivity index (χ1) is 10.2. The molecule has 0 aromatic heterocycles. The summed E-state index contributed by atoms with van der Waals surface area (Å²) in [7, 11) is 0. The van der Waals surface area contributed by atoms with E-state index in [4.69, 9.17) is 9.47 Å². The number of carbonyl (C=O) groups excluding carboxylic acids is 2. The molecule has 2 aromatic rings. The van der Waals surface area contributed by atoms with Crippen molar-refractivity contribution in [2.24, 2.45) is 0 Å². The van der Waals surface area contributed by atoms with Crippen molar-refractivity contribution >= 4 is 12.3 Å². The van der Waals surface area contributed by atoms with Crippen LogP contribution in [0.3, 0.4) is 0 Å². The van der Waals surface area contributed by atoms with Crippen LogP contribution in [-0.4, -0.2) is 18.9 Å². The van der Waals surface area contributed by atoms with Gasteiger partial charge in [0, 0.05) is 0 Å². The van der Waals surface area contributed by atoms with Crippen LogP contribution >= 0.6 is 0 Å². The predicted molar refractivity (Wildman–Crippen MR) is 78.7 cm³/mol. The maximum atomic E-state index is 11.5. The smallest absolute Gasteiger partial charge is 0.310 e. The molecule has 0 unspecified atom stereocenters. The summed E-state index contributed by atoms with van der Waals surface area (Å²) in [6, 6.07) is 14.1. The minimum atomic E-state index is -0.275. The average molecular weight is 284 g/mol. The number of hydrogen-bond acceptors (Lipinski definition) is 4. The topological polar surface area (TPSA) is 52.6 Å². The fraction of sp³-hybridized carbons (Fsp3) is 0.176. The summed E-state index contributed by atoms with van der Waals surface area (Å²) >= 11 is 0. The highest BCUT2D eigenvalue weighted by Gasteiger charge is 2.07. The third-order valence-corrected chi connectivity index (χ3v) is 2.83. The lowest BCUT2D eigenvalue weighted by atomic mass is 10.1. The lowest BCUT2D eigenvalue weighted by Crippen LogP contribution is -2.07. The third-order valence-electron chi connectivity index (χ3n) is 2.83. The molecule has 0 fully saturated rings. The molecule has 2 aromatic carbocycles. The summed E-state index contributed by atoms with van der Waals surface area (Å²) in [6.45, 7) is 2.13. The van der Waals surface area contributed by atoms with Gasteiger partial charge in [0.15, 0.2) is 6.29 Å². The van der Waals surface area contributed by atoms with Gasteiger partial charge < -0.3 is 9.47 Å². The zero-order valence-electron chi connectivity index (χ0n) is 11.7. The normalized spacial score (nSPS) is 9.95. The lowest BCUT2D eigenvalue weighted by molar-refractivity contribution is -0.142. The van der Waals surface area contributed by atoms with Crippen LogP contribution in [0.2, 0.25) is 0 Å². The number of esters is 1. The van der Waals surface area contributed by atoms with Gasteiger partial charge in [0.25, 0.3) is 0 Å². The molecule has 4 nitrogen and oxygen atoms in total. The summed E-state index contributed by atoms with van der Waals surface area (Å²) in [5.74, 6) is 0.787. The molecule has 4 heteroatoms. The standard InChI is InChI=1S/C17H16O4/c1-2-20-17(19)11-13-6-5-8-15(10-13)21-16-9-4-3-7-14(16)12-18/h3-10,12H,2,11H2,1H3. The van der Waals surface area contributed by atoms with Crippen LogP contribution in [0.15, 0.2) is 48.5 Å². The van der Waals surface area contributed by atoms with Gasteiger partial charge in [-0.05, 0) is 36.8 Å². The molecular weight excluding hydrogens is 268 g/mol. The number of carbonyl (C=O) groups is 2. The minimum Gasteiger partial charge on any atom is -0.466 e. The van der Waals surface area contributed by atoms with Crippen LogP contribution in [0.4, 0.5) is 0 Å². The number of ether oxygens (including phenoxy) is 2. The molecule has 0 bridgehead atoms. The van der Waals surface area contributed by atoms with Gasteiger partial charge in [-0.3, -0.25) is 9.59 Å². The minimum absolute atomic E-state index is 0.195. The molecule has 0 saturated heterocycles. The molecule has 0 N–H and O–H groups in total. The zero-order valence-corrected chi connectivity index (χ0v) is 11.7. The largest absolute Gasteiger partial charge is 0.466 e. The predicted octanol–water partition coefficient (Wildman–Crippen LogP) is 3.40. The van der Waals surface area contributed by atoms with Gasteiger partial charge in [0.05, 0.1) is 18.6 Å². The summed E-state index contributed by atoms with van der Waals surface area (Å²) in [6.07, 6.45) is 0.943. The van der Waals surface area contributed by atoms with Crippen LogP contribution in [-0.2, 0) is 16.0 Å². The molecule has 0 heterocycles. The molecule has 0 atom stereocenters. The van der Waals surface area contributed by atoms with Gasteiger partial charge in [-0.25, -0.2) is 0 Å². The van der Waals surface area contributed by atoms with Crippen molar-refractivity contribution in [1.29, 1.82) is 0 Å². The number of para-hydroxylation sites is 1. The molecule has 0 amide bonds. The van der Waals surface area contributed by atoms with Gasteiger partial charge in [-0.2, -0.15) is 0 Å². The summed E-state index contributed by atoms with van der Waals surface area (Å²) < 4.78 is 10.6. The third kappa shape index (κ3) is 4.18. The van der Waals surface area contributed by atoms with Crippen LogP contribution < -0.4 is 4.74 Å². The van der Waals surface area contributed by atoms with E-state index in [1.165, 1.54) is 0 Å². The van der Waals surface area contributed by atoms with E-state index in [9.17, 15) is 9.59 Å². The molecule has 0 spiro atoms. The van der Waals surface area contributed by atoms with E-state index in [0.29, 0.717) is 23.7 Å². The first-order valence-corrected chi connectivity index (χ1v) is 6.69. The SMILES string of the molecule is CCOC(=O)Cc1cccc(Oc2ccccc2C=O)c1. The summed E-state index contributed by atoms with van der Waals surface area (Å²) in [5.41, 5.74) is 1.28. The van der Waals surface area contributed by atoms with Crippen molar-refractivity contribution in [2.75, 3.05) is 6.61 Å². The number of hydrogen-bond donors (Lipinski definition) is 0. The zero-order chi connectivity index (χ0) is 15.1. The van der Waals surface area contributed by atoms with Crippen molar-refractivity contribution in [2.45, 2.75) is 13.3 Å². The highest BCUT2D eigenvalue weighted by atomic mass is 16.5. The lowest BCUT2D eigenvalue weighted by Gasteiger charge is -2.09. The molecule has 108 valence electrons. The van der Waals surface area contributed by atoms with Gasteiger partial charge in [-0.15, -0.1) is 0 Å². The van der Waals surface area contributed by atoms with E-state index in [0.717, 1.165) is 11.8 Å². The first-order valence-electron chi connectivity index (χ1n) is 6.69. The van der Waals surface area contributed by atoms with E-state index in [-0.39, 0.29) is 12.4 Å². The second-order valence-corrected chi connectivity index (χ2v) is 4.39. The Kier molecular flexibility index (Phi) is 5.10. The van der Waals surface area contributed by atoms with Gasteiger partial charge >= 0.3 is 5.97 Å². The van der Waals surface area contributed by atoms with Crippen LogP contribution in [0.5, 0.6) is 11.5 Å². The Balaban J connectivity index is 2.14. The number of benzene rings is 2. The Hall–Kier alpha value is -2.62. The summed E-state index contributed by atoms with van der Waals surface area (Å²) in [5, 5.41) is 0. The highest BCUT2D eigenvalue weighted by Crippen LogP contribution is 2.25. The van der Waals surface area contributed by atoms with E-state index in [1.54, 1.807) is 49.4 Å². The second kappa shape index (κ2) is 7.24. The second-order valence-electron chi connectivity index (χ2n) is 4.39. The average Bonchev–Trinajstić information content (AvgIpc) is 2.48. The van der Waals surface area contributed by atoms with E-state index < -0.39 is 0 Å². The quantitative estimate of drug-likeness (QED) is 0.602. The van der Waals surface area contributed by atoms with Crippen molar-refractivity contribution in [3.05, 3.63) is 59.7 Å². The molecule has 0 aliphatic heterocycles. The van der Waals surface area contributed by atoms with Crippen molar-refractivity contribution in [3.63, 3.8) is 0 Å². The number of rotatable bonds is 6. The van der Waals surface area contributed by atoms with Crippen LogP contribution in [0.1, 0.15) is 22.8 Å². The van der Waals surface area contributed by atoms with Crippen LogP contribution in [0, 0.1) is 0 Å². The van der Waals surface area contributed by atoms with Gasteiger partial charge in [-0.1, -0.05) is 24.3 Å². The Bertz CT molecular complexity index is 634.